The van der Waals surface area contributed by atoms with Gasteiger partial charge in [0.05, 0.1) is 7.11 Å². The molecule has 110 valence electrons. The molecule has 2 N–H and O–H groups in total. The summed E-state index contributed by atoms with van der Waals surface area (Å²) >= 11 is 0. The Morgan fingerprint density at radius 1 is 1.14 bits per heavy atom. The van der Waals surface area contributed by atoms with E-state index in [9.17, 15) is 9.90 Å². The molecule has 2 aromatic rings. The number of aliphatic hydroxyl groups is 1. The maximum atomic E-state index is 10.9. The van der Waals surface area contributed by atoms with Crippen molar-refractivity contribution in [1.29, 1.82) is 0 Å². The fourth-order valence-corrected chi connectivity index (χ4v) is 1.95. The summed E-state index contributed by atoms with van der Waals surface area (Å²) in [5.74, 6) is -0.726. The van der Waals surface area contributed by atoms with Gasteiger partial charge in [0.1, 0.15) is 6.61 Å². The van der Waals surface area contributed by atoms with Crippen LogP contribution in [0, 0.1) is 0 Å². The summed E-state index contributed by atoms with van der Waals surface area (Å²) < 4.78 is 10.8. The number of carboxylic acids is 1. The van der Waals surface area contributed by atoms with Crippen molar-refractivity contribution < 1.29 is 24.5 Å². The van der Waals surface area contributed by atoms with Gasteiger partial charge in [-0.15, -0.1) is 0 Å². The molecule has 0 aromatic heterocycles. The Bertz CT molecular complexity index is 609. The molecule has 0 spiro atoms. The molecule has 21 heavy (non-hydrogen) atoms. The van der Waals surface area contributed by atoms with Crippen LogP contribution in [-0.4, -0.2) is 23.3 Å². The van der Waals surface area contributed by atoms with Gasteiger partial charge in [0, 0.05) is 5.56 Å². The second kappa shape index (κ2) is 6.76. The first kappa shape index (κ1) is 14.9. The first-order chi connectivity index (χ1) is 10.1. The highest BCUT2D eigenvalue weighted by atomic mass is 16.5. The third kappa shape index (κ3) is 3.52. The normalized spacial score (nSPS) is 11.7. The number of aliphatic hydroxyl groups excluding tert-OH is 1. The fraction of sp³-hybridized carbons (Fsp3) is 0.188. The minimum absolute atomic E-state index is 0.163. The van der Waals surface area contributed by atoms with Gasteiger partial charge in [-0.1, -0.05) is 42.5 Å². The van der Waals surface area contributed by atoms with E-state index >= 15 is 0 Å². The fourth-order valence-electron chi connectivity index (χ4n) is 1.95. The molecule has 2 aromatic carbocycles. The molecular weight excluding hydrogens is 272 g/mol. The predicted octanol–water partition coefficient (Wildman–Crippen LogP) is 2.39. The van der Waals surface area contributed by atoms with Crippen molar-refractivity contribution >= 4 is 5.97 Å². The molecule has 0 amide bonds. The average Bonchev–Trinajstić information content (AvgIpc) is 2.52. The van der Waals surface area contributed by atoms with Gasteiger partial charge in [-0.25, -0.2) is 4.79 Å². The largest absolute Gasteiger partial charge is 0.492 e. The maximum absolute atomic E-state index is 10.9. The average molecular weight is 288 g/mol. The maximum Gasteiger partial charge on any atom is 0.337 e. The van der Waals surface area contributed by atoms with Gasteiger partial charge < -0.3 is 19.7 Å². The zero-order valence-corrected chi connectivity index (χ0v) is 11.5. The predicted molar refractivity (Wildman–Crippen MR) is 76.4 cm³/mol. The monoisotopic (exact) mass is 288 g/mol. The van der Waals surface area contributed by atoms with Crippen LogP contribution in [-0.2, 0) is 11.4 Å². The van der Waals surface area contributed by atoms with E-state index in [4.69, 9.17) is 14.6 Å². The Morgan fingerprint density at radius 3 is 2.48 bits per heavy atom. The zero-order valence-electron chi connectivity index (χ0n) is 11.5. The van der Waals surface area contributed by atoms with Crippen molar-refractivity contribution in [3.05, 3.63) is 59.7 Å². The molecule has 0 heterocycles. The summed E-state index contributed by atoms with van der Waals surface area (Å²) in [5, 5.41) is 18.6. The molecule has 0 bridgehead atoms. The lowest BCUT2D eigenvalue weighted by atomic mass is 10.1. The molecule has 2 rings (SSSR count). The van der Waals surface area contributed by atoms with Crippen molar-refractivity contribution in [3.8, 4) is 11.5 Å². The van der Waals surface area contributed by atoms with Crippen LogP contribution in [0.2, 0.25) is 0 Å². The van der Waals surface area contributed by atoms with Crippen molar-refractivity contribution in [2.24, 2.45) is 0 Å². The van der Waals surface area contributed by atoms with E-state index in [-0.39, 0.29) is 11.3 Å². The summed E-state index contributed by atoms with van der Waals surface area (Å²) in [4.78, 5) is 10.9. The van der Waals surface area contributed by atoms with Crippen LogP contribution in [0.5, 0.6) is 11.5 Å². The van der Waals surface area contributed by atoms with Gasteiger partial charge >= 0.3 is 5.97 Å². The van der Waals surface area contributed by atoms with Crippen LogP contribution in [0.4, 0.5) is 0 Å². The van der Waals surface area contributed by atoms with E-state index < -0.39 is 12.1 Å². The molecule has 1 atom stereocenters. The van der Waals surface area contributed by atoms with Crippen LogP contribution in [0.25, 0.3) is 0 Å². The van der Waals surface area contributed by atoms with Crippen molar-refractivity contribution in [2.45, 2.75) is 12.7 Å². The van der Waals surface area contributed by atoms with Gasteiger partial charge in [-0.2, -0.15) is 0 Å². The van der Waals surface area contributed by atoms with E-state index in [1.165, 1.54) is 13.2 Å². The van der Waals surface area contributed by atoms with Crippen molar-refractivity contribution in [3.63, 3.8) is 0 Å². The minimum atomic E-state index is -1.65. The lowest BCUT2D eigenvalue weighted by molar-refractivity contribution is -0.147. The van der Waals surface area contributed by atoms with Gasteiger partial charge in [0.2, 0.25) is 0 Å². The van der Waals surface area contributed by atoms with E-state index in [0.717, 1.165) is 5.56 Å². The SMILES string of the molecule is COc1c(OCc2ccccc2)cccc1C(O)C(=O)O. The Kier molecular flexibility index (Phi) is 4.79. The first-order valence-corrected chi connectivity index (χ1v) is 6.38. The second-order valence-corrected chi connectivity index (χ2v) is 4.39. The van der Waals surface area contributed by atoms with E-state index in [1.54, 1.807) is 12.1 Å². The molecule has 0 aliphatic carbocycles. The van der Waals surface area contributed by atoms with Gasteiger partial charge in [0.15, 0.2) is 17.6 Å². The minimum Gasteiger partial charge on any atom is -0.492 e. The van der Waals surface area contributed by atoms with Crippen LogP contribution < -0.4 is 9.47 Å². The van der Waals surface area contributed by atoms with Crippen molar-refractivity contribution in [1.82, 2.24) is 0 Å². The molecule has 0 aliphatic rings. The van der Waals surface area contributed by atoms with Crippen LogP contribution >= 0.6 is 0 Å². The number of rotatable bonds is 6. The summed E-state index contributed by atoms with van der Waals surface area (Å²) in [6.07, 6.45) is -1.65. The van der Waals surface area contributed by atoms with Gasteiger partial charge in [0.25, 0.3) is 0 Å². The zero-order chi connectivity index (χ0) is 15.2. The van der Waals surface area contributed by atoms with Gasteiger partial charge in [-0.3, -0.25) is 0 Å². The summed E-state index contributed by atoms with van der Waals surface area (Å²) in [6.45, 7) is 0.323. The third-order valence-corrected chi connectivity index (χ3v) is 2.98. The van der Waals surface area contributed by atoms with E-state index in [2.05, 4.69) is 0 Å². The number of aliphatic carboxylic acids is 1. The smallest absolute Gasteiger partial charge is 0.337 e. The number of hydrogen-bond donors (Lipinski definition) is 2. The number of benzene rings is 2. The van der Waals surface area contributed by atoms with E-state index in [1.807, 2.05) is 30.3 Å². The van der Waals surface area contributed by atoms with Crippen LogP contribution in [0.3, 0.4) is 0 Å². The van der Waals surface area contributed by atoms with E-state index in [0.29, 0.717) is 12.4 Å². The quantitative estimate of drug-likeness (QED) is 0.853. The standard InChI is InChI=1S/C16H16O5/c1-20-15-12(14(17)16(18)19)8-5-9-13(15)21-10-11-6-3-2-4-7-11/h2-9,14,17H,10H2,1H3,(H,18,19). The first-order valence-electron chi connectivity index (χ1n) is 6.38. The Labute approximate surface area is 122 Å². The molecule has 0 aliphatic heterocycles. The summed E-state index contributed by atoms with van der Waals surface area (Å²) in [6, 6.07) is 14.3. The summed E-state index contributed by atoms with van der Waals surface area (Å²) in [7, 11) is 1.41. The third-order valence-electron chi connectivity index (χ3n) is 2.98. The number of para-hydroxylation sites is 1. The number of carbonyl (C=O) groups is 1. The lowest BCUT2D eigenvalue weighted by Gasteiger charge is -2.16. The Hall–Kier alpha value is -2.53. The van der Waals surface area contributed by atoms with Crippen molar-refractivity contribution in [2.75, 3.05) is 7.11 Å². The van der Waals surface area contributed by atoms with Crippen LogP contribution in [0.1, 0.15) is 17.2 Å². The molecule has 0 fully saturated rings. The highest BCUT2D eigenvalue weighted by Gasteiger charge is 2.22. The Morgan fingerprint density at radius 2 is 1.86 bits per heavy atom. The molecule has 1 unspecified atom stereocenters. The number of carboxylic acid groups (broad SMARTS) is 1. The second-order valence-electron chi connectivity index (χ2n) is 4.39. The molecule has 0 saturated carbocycles. The molecule has 0 radical (unpaired) electrons. The molecular formula is C16H16O5. The molecule has 5 nitrogen and oxygen atoms in total. The Balaban J connectivity index is 2.23. The van der Waals surface area contributed by atoms with Crippen LogP contribution in [0.15, 0.2) is 48.5 Å². The molecule has 0 saturated heterocycles. The van der Waals surface area contributed by atoms with Gasteiger partial charge in [-0.05, 0) is 11.6 Å². The lowest BCUT2D eigenvalue weighted by Crippen LogP contribution is -2.12. The number of ether oxygens (including phenoxy) is 2. The number of hydrogen-bond acceptors (Lipinski definition) is 4. The highest BCUT2D eigenvalue weighted by Crippen LogP contribution is 2.35. The molecule has 5 heteroatoms. The highest BCUT2D eigenvalue weighted by molar-refractivity contribution is 5.75. The summed E-state index contributed by atoms with van der Waals surface area (Å²) in [5.41, 5.74) is 1.14. The number of methoxy groups -OCH3 is 1. The topological polar surface area (TPSA) is 76.0 Å².